The fourth-order valence-corrected chi connectivity index (χ4v) is 5.56. The van der Waals surface area contributed by atoms with E-state index in [1.54, 1.807) is 0 Å². The molecule has 0 bridgehead atoms. The maximum absolute atomic E-state index is 12.5. The van der Waals surface area contributed by atoms with Gasteiger partial charge >= 0.3 is 13.8 Å². The molecule has 2 atom stereocenters. The zero-order valence-electron chi connectivity index (χ0n) is 30.6. The number of phosphoric acid groups is 1. The van der Waals surface area contributed by atoms with E-state index in [1.807, 2.05) is 21.1 Å². The third-order valence-corrected chi connectivity index (χ3v) is 8.75. The lowest BCUT2D eigenvalue weighted by atomic mass is 10.1. The first-order valence-electron chi connectivity index (χ1n) is 18.6. The highest BCUT2D eigenvalue weighted by Crippen LogP contribution is 2.43. The van der Waals surface area contributed by atoms with Crippen molar-refractivity contribution in [1.29, 1.82) is 0 Å². The van der Waals surface area contributed by atoms with Crippen molar-refractivity contribution in [3.05, 3.63) is 24.3 Å². The highest BCUT2D eigenvalue weighted by molar-refractivity contribution is 7.47. The van der Waals surface area contributed by atoms with Crippen LogP contribution in [0.1, 0.15) is 149 Å². The molecule has 0 saturated heterocycles. The molecule has 0 aliphatic rings. The Kier molecular flexibility index (Phi) is 30.6. The summed E-state index contributed by atoms with van der Waals surface area (Å²) < 4.78 is 34.7. The summed E-state index contributed by atoms with van der Waals surface area (Å²) in [5, 5.41) is 0. The lowest BCUT2D eigenvalue weighted by Crippen LogP contribution is -2.37. The summed E-state index contributed by atoms with van der Waals surface area (Å²) in [6, 6.07) is 0. The maximum atomic E-state index is 12.5. The average Bonchev–Trinajstić information content (AvgIpc) is 2.99. The predicted molar refractivity (Wildman–Crippen MR) is 192 cm³/mol. The van der Waals surface area contributed by atoms with Crippen molar-refractivity contribution in [3.8, 4) is 0 Å². The molecule has 0 amide bonds. The van der Waals surface area contributed by atoms with Gasteiger partial charge in [0.1, 0.15) is 19.3 Å². The lowest BCUT2D eigenvalue weighted by molar-refractivity contribution is -0.870. The summed E-state index contributed by atoms with van der Waals surface area (Å²) in [6.45, 7) is 5.53. The molecule has 1 N–H and O–H groups in total. The van der Waals surface area contributed by atoms with Crippen molar-refractivity contribution in [1.82, 2.24) is 0 Å². The number of carbonyl (C=O) groups excluding carboxylic acids is 1. The first kappa shape index (κ1) is 45.0. The van der Waals surface area contributed by atoms with Gasteiger partial charge < -0.3 is 18.9 Å². The number of nitrogens with zero attached hydrogens (tertiary/aromatic N) is 1. The number of quaternary nitrogens is 1. The van der Waals surface area contributed by atoms with Crippen LogP contribution < -0.4 is 0 Å². The van der Waals surface area contributed by atoms with Gasteiger partial charge in [0.05, 0.1) is 34.4 Å². The molecule has 0 saturated carbocycles. The van der Waals surface area contributed by atoms with Gasteiger partial charge in [0.25, 0.3) is 0 Å². The van der Waals surface area contributed by atoms with Gasteiger partial charge in [0.15, 0.2) is 0 Å². The summed E-state index contributed by atoms with van der Waals surface area (Å²) in [5.41, 5.74) is 0. The molecule has 0 heterocycles. The van der Waals surface area contributed by atoms with Crippen molar-refractivity contribution in [3.63, 3.8) is 0 Å². The van der Waals surface area contributed by atoms with Crippen LogP contribution in [0.15, 0.2) is 24.3 Å². The number of esters is 1. The van der Waals surface area contributed by atoms with Crippen LogP contribution in [-0.4, -0.2) is 75.6 Å². The number of hydrogen-bond donors (Lipinski definition) is 1. The van der Waals surface area contributed by atoms with E-state index < -0.39 is 13.9 Å². The van der Waals surface area contributed by atoms with Crippen molar-refractivity contribution in [2.24, 2.45) is 0 Å². The maximum Gasteiger partial charge on any atom is 0.472 e. The molecule has 0 aromatic carbocycles. The van der Waals surface area contributed by atoms with Crippen LogP contribution in [0.4, 0.5) is 0 Å². The number of hydrogen-bond acceptors (Lipinski definition) is 6. The van der Waals surface area contributed by atoms with E-state index in [1.165, 1.54) is 83.5 Å². The van der Waals surface area contributed by atoms with Crippen LogP contribution in [0.3, 0.4) is 0 Å². The van der Waals surface area contributed by atoms with E-state index >= 15 is 0 Å². The van der Waals surface area contributed by atoms with Gasteiger partial charge in [-0.05, 0) is 44.9 Å². The van der Waals surface area contributed by atoms with Crippen molar-refractivity contribution in [2.75, 3.05) is 54.1 Å². The first-order chi connectivity index (χ1) is 22.1. The normalized spacial score (nSPS) is 14.3. The predicted octanol–water partition coefficient (Wildman–Crippen LogP) is 10.1. The molecule has 0 fully saturated rings. The van der Waals surface area contributed by atoms with Crippen LogP contribution in [0, 0.1) is 0 Å². The zero-order valence-corrected chi connectivity index (χ0v) is 31.5. The van der Waals surface area contributed by atoms with Gasteiger partial charge in [-0.25, -0.2) is 4.57 Å². The van der Waals surface area contributed by atoms with Gasteiger partial charge in [-0.3, -0.25) is 13.8 Å². The molecule has 272 valence electrons. The van der Waals surface area contributed by atoms with Gasteiger partial charge in [0.2, 0.25) is 0 Å². The minimum absolute atomic E-state index is 0.0874. The second-order valence-electron chi connectivity index (χ2n) is 13.6. The molecule has 0 aromatic rings. The highest BCUT2D eigenvalue weighted by Gasteiger charge is 2.26. The Morgan fingerprint density at radius 3 is 1.78 bits per heavy atom. The van der Waals surface area contributed by atoms with Gasteiger partial charge in [-0.1, -0.05) is 122 Å². The van der Waals surface area contributed by atoms with Gasteiger partial charge in [0, 0.05) is 13.0 Å². The Bertz CT molecular complexity index is 797. The zero-order chi connectivity index (χ0) is 34.2. The van der Waals surface area contributed by atoms with E-state index in [2.05, 4.69) is 38.2 Å². The van der Waals surface area contributed by atoms with Crippen LogP contribution in [0.5, 0.6) is 0 Å². The Hall–Kier alpha value is -1.02. The van der Waals surface area contributed by atoms with E-state index in [0.29, 0.717) is 24.1 Å². The smallest absolute Gasteiger partial charge is 0.457 e. The number of unbranched alkanes of at least 4 members (excludes halogenated alkanes) is 16. The molecule has 0 aliphatic carbocycles. The molecular weight excluding hydrogens is 601 g/mol. The number of likely N-dealkylation sites (N-methyl/N-ethyl adjacent to an activating group) is 1. The summed E-state index contributed by atoms with van der Waals surface area (Å²) in [7, 11) is 1.66. The number of rotatable bonds is 34. The number of ether oxygens (including phenoxy) is 2. The number of allylic oxidation sites excluding steroid dienone is 4. The quantitative estimate of drug-likeness (QED) is 0.0239. The summed E-state index contributed by atoms with van der Waals surface area (Å²) in [6.07, 6.45) is 32.2. The summed E-state index contributed by atoms with van der Waals surface area (Å²) in [4.78, 5) is 22.6. The molecule has 0 aromatic heterocycles. The molecule has 0 radical (unpaired) electrons. The Labute approximate surface area is 283 Å². The average molecular weight is 675 g/mol. The Morgan fingerprint density at radius 2 is 1.20 bits per heavy atom. The monoisotopic (exact) mass is 675 g/mol. The number of carbonyl (C=O) groups is 1. The molecular formula is C37H73NO7P+. The standard InChI is InChI=1S/C37H72NO7P/c1-6-8-10-12-14-15-16-17-18-19-20-21-22-23-25-27-29-32-42-34-36(35-44-46(40,41)43-33-31-38(3,4)5)45-37(39)30-28-26-24-13-11-9-7-2/h15-16,18-19,36H,6-14,17,20-35H2,1-5H3/p+1/b16-15-,19-18-. The van der Waals surface area contributed by atoms with Crippen molar-refractivity contribution in [2.45, 2.75) is 155 Å². The Balaban J connectivity index is 4.22. The largest absolute Gasteiger partial charge is 0.472 e. The molecule has 0 spiro atoms. The molecule has 2 unspecified atom stereocenters. The first-order valence-corrected chi connectivity index (χ1v) is 20.1. The third kappa shape index (κ3) is 34.3. The molecule has 46 heavy (non-hydrogen) atoms. The van der Waals surface area contributed by atoms with Crippen LogP contribution >= 0.6 is 7.82 Å². The van der Waals surface area contributed by atoms with E-state index in [4.69, 9.17) is 18.5 Å². The van der Waals surface area contributed by atoms with E-state index in [0.717, 1.165) is 44.9 Å². The summed E-state index contributed by atoms with van der Waals surface area (Å²) in [5.74, 6) is -0.325. The van der Waals surface area contributed by atoms with Gasteiger partial charge in [-0.2, -0.15) is 0 Å². The molecule has 9 heteroatoms. The molecule has 0 aliphatic heterocycles. The fraction of sp³-hybridized carbons (Fsp3) is 0.865. The van der Waals surface area contributed by atoms with Crippen molar-refractivity contribution < 1.29 is 37.3 Å². The van der Waals surface area contributed by atoms with Gasteiger partial charge in [-0.15, -0.1) is 0 Å². The fourth-order valence-electron chi connectivity index (χ4n) is 4.82. The second kappa shape index (κ2) is 31.3. The topological polar surface area (TPSA) is 91.3 Å². The van der Waals surface area contributed by atoms with E-state index in [9.17, 15) is 14.3 Å². The van der Waals surface area contributed by atoms with Crippen LogP contribution in [0.25, 0.3) is 0 Å². The van der Waals surface area contributed by atoms with Crippen molar-refractivity contribution >= 4 is 13.8 Å². The minimum Gasteiger partial charge on any atom is -0.457 e. The van der Waals surface area contributed by atoms with Crippen LogP contribution in [-0.2, 0) is 27.9 Å². The SMILES string of the molecule is CCCCCC/C=C\C/C=C\CCCCCCCCOCC(COP(=O)(O)OCC[N+](C)(C)C)OC(=O)CCCCCCCCC. The lowest BCUT2D eigenvalue weighted by Gasteiger charge is -2.24. The molecule has 8 nitrogen and oxygen atoms in total. The minimum atomic E-state index is -4.26. The summed E-state index contributed by atoms with van der Waals surface area (Å²) >= 11 is 0. The highest BCUT2D eigenvalue weighted by atomic mass is 31.2. The molecule has 0 rings (SSSR count). The van der Waals surface area contributed by atoms with Crippen LogP contribution in [0.2, 0.25) is 0 Å². The third-order valence-electron chi connectivity index (χ3n) is 7.77. The second-order valence-corrected chi connectivity index (χ2v) is 15.1. The van der Waals surface area contributed by atoms with E-state index in [-0.39, 0.29) is 25.8 Å². The number of phosphoric ester groups is 1. The Morgan fingerprint density at radius 1 is 0.674 bits per heavy atom.